The van der Waals surface area contributed by atoms with Gasteiger partial charge >= 0.3 is 0 Å². The first-order valence-corrected chi connectivity index (χ1v) is 9.82. The lowest BCUT2D eigenvalue weighted by atomic mass is 10.2. The van der Waals surface area contributed by atoms with Crippen LogP contribution in [0, 0.1) is 0 Å². The van der Waals surface area contributed by atoms with Crippen LogP contribution < -0.4 is 15.5 Å². The maximum absolute atomic E-state index is 12.4. The summed E-state index contributed by atoms with van der Waals surface area (Å²) in [5.74, 6) is -0.298. The Labute approximate surface area is 163 Å². The largest absolute Gasteiger partial charge is 0.321 e. The molecular formula is C19H23ClN3O2S+. The highest BCUT2D eigenvalue weighted by Crippen LogP contribution is 2.24. The van der Waals surface area contributed by atoms with Gasteiger partial charge in [0.25, 0.3) is 11.8 Å². The number of quaternary nitrogens is 1. The Hall–Kier alpha value is -2.02. The van der Waals surface area contributed by atoms with Crippen molar-refractivity contribution in [1.82, 2.24) is 0 Å². The second kappa shape index (κ2) is 9.62. The number of anilines is 2. The van der Waals surface area contributed by atoms with Gasteiger partial charge < -0.3 is 15.5 Å². The Balaban J connectivity index is 1.92. The van der Waals surface area contributed by atoms with Gasteiger partial charge in [-0.15, -0.1) is 11.8 Å². The van der Waals surface area contributed by atoms with E-state index >= 15 is 0 Å². The highest BCUT2D eigenvalue weighted by atomic mass is 35.5. The molecule has 2 aromatic carbocycles. The smallest absolute Gasteiger partial charge is 0.282 e. The Morgan fingerprint density at radius 2 is 1.88 bits per heavy atom. The zero-order chi connectivity index (χ0) is 19.1. The first-order chi connectivity index (χ1) is 12.4. The second-order valence-corrected chi connectivity index (χ2v) is 7.28. The van der Waals surface area contributed by atoms with Gasteiger partial charge in [-0.25, -0.2) is 0 Å². The third kappa shape index (κ3) is 5.76. The first-order valence-electron chi connectivity index (χ1n) is 8.22. The summed E-state index contributed by atoms with van der Waals surface area (Å²) in [5, 5.41) is 6.30. The highest BCUT2D eigenvalue weighted by molar-refractivity contribution is 7.98. The quantitative estimate of drug-likeness (QED) is 0.634. The summed E-state index contributed by atoms with van der Waals surface area (Å²) in [7, 11) is 1.82. The molecule has 138 valence electrons. The molecule has 7 heteroatoms. The molecule has 2 atom stereocenters. The summed E-state index contributed by atoms with van der Waals surface area (Å²) >= 11 is 7.50. The molecule has 2 aromatic rings. The minimum atomic E-state index is -0.393. The van der Waals surface area contributed by atoms with Crippen molar-refractivity contribution >= 4 is 46.6 Å². The van der Waals surface area contributed by atoms with Crippen LogP contribution in [0.1, 0.15) is 6.92 Å². The van der Waals surface area contributed by atoms with Crippen LogP contribution in [0.3, 0.4) is 0 Å². The van der Waals surface area contributed by atoms with E-state index in [-0.39, 0.29) is 18.4 Å². The average molecular weight is 393 g/mol. The number of rotatable bonds is 7. The molecule has 2 amide bonds. The van der Waals surface area contributed by atoms with E-state index in [2.05, 4.69) is 10.6 Å². The van der Waals surface area contributed by atoms with E-state index in [0.717, 1.165) is 15.5 Å². The molecule has 2 rings (SSSR count). The molecule has 5 nitrogen and oxygen atoms in total. The van der Waals surface area contributed by atoms with Gasteiger partial charge in [0.15, 0.2) is 12.6 Å². The van der Waals surface area contributed by atoms with Gasteiger partial charge in [0.2, 0.25) is 0 Å². The fourth-order valence-corrected chi connectivity index (χ4v) is 3.13. The van der Waals surface area contributed by atoms with E-state index in [9.17, 15) is 9.59 Å². The lowest BCUT2D eigenvalue weighted by Gasteiger charge is -2.21. The number of benzene rings is 2. The van der Waals surface area contributed by atoms with Crippen LogP contribution in [0.25, 0.3) is 0 Å². The predicted octanol–water partition coefficient (Wildman–Crippen LogP) is 2.54. The lowest BCUT2D eigenvalue weighted by molar-refractivity contribution is -0.885. The summed E-state index contributed by atoms with van der Waals surface area (Å²) in [6.07, 6.45) is 1.96. The van der Waals surface area contributed by atoms with Crippen molar-refractivity contribution in [2.24, 2.45) is 0 Å². The molecule has 1 unspecified atom stereocenters. The van der Waals surface area contributed by atoms with E-state index in [4.69, 9.17) is 11.6 Å². The number of thioether (sulfide) groups is 1. The van der Waals surface area contributed by atoms with Crippen molar-refractivity contribution in [1.29, 1.82) is 0 Å². The van der Waals surface area contributed by atoms with Crippen LogP contribution in [0.2, 0.25) is 5.02 Å². The second-order valence-electron chi connectivity index (χ2n) is 5.99. The number of halogens is 1. The molecular weight excluding hydrogens is 370 g/mol. The van der Waals surface area contributed by atoms with Crippen molar-refractivity contribution in [3.63, 3.8) is 0 Å². The summed E-state index contributed by atoms with van der Waals surface area (Å²) in [5.41, 5.74) is 1.43. The summed E-state index contributed by atoms with van der Waals surface area (Å²) in [4.78, 5) is 26.5. The van der Waals surface area contributed by atoms with E-state index in [0.29, 0.717) is 10.7 Å². The third-order valence-electron chi connectivity index (χ3n) is 4.05. The van der Waals surface area contributed by atoms with Crippen LogP contribution >= 0.6 is 23.4 Å². The van der Waals surface area contributed by atoms with Crippen molar-refractivity contribution in [3.8, 4) is 0 Å². The van der Waals surface area contributed by atoms with E-state index < -0.39 is 6.04 Å². The van der Waals surface area contributed by atoms with Gasteiger partial charge in [-0.3, -0.25) is 9.59 Å². The third-order valence-corrected chi connectivity index (χ3v) is 5.08. The van der Waals surface area contributed by atoms with Gasteiger partial charge in [-0.05, 0) is 43.5 Å². The molecule has 0 aromatic heterocycles. The molecule has 0 saturated carbocycles. The summed E-state index contributed by atoms with van der Waals surface area (Å²) in [6.45, 7) is 1.98. The average Bonchev–Trinajstić information content (AvgIpc) is 2.61. The van der Waals surface area contributed by atoms with Crippen LogP contribution in [-0.4, -0.2) is 37.7 Å². The molecule has 26 heavy (non-hydrogen) atoms. The van der Waals surface area contributed by atoms with E-state index in [1.807, 2.05) is 37.6 Å². The minimum Gasteiger partial charge on any atom is -0.321 e. The Kier molecular flexibility index (Phi) is 7.50. The Morgan fingerprint density at radius 3 is 2.58 bits per heavy atom. The van der Waals surface area contributed by atoms with E-state index in [1.165, 1.54) is 0 Å². The Morgan fingerprint density at radius 1 is 1.15 bits per heavy atom. The van der Waals surface area contributed by atoms with Crippen molar-refractivity contribution in [3.05, 3.63) is 53.6 Å². The molecule has 0 aliphatic carbocycles. The maximum atomic E-state index is 12.4. The van der Waals surface area contributed by atoms with Gasteiger partial charge in [0.1, 0.15) is 0 Å². The van der Waals surface area contributed by atoms with Crippen LogP contribution in [0.5, 0.6) is 0 Å². The molecule has 0 fully saturated rings. The number of likely N-dealkylation sites (N-methyl/N-ethyl adjacent to an activating group) is 1. The highest BCUT2D eigenvalue weighted by Gasteiger charge is 2.24. The zero-order valence-electron chi connectivity index (χ0n) is 15.0. The predicted molar refractivity (Wildman–Crippen MR) is 108 cm³/mol. The molecule has 0 radical (unpaired) electrons. The van der Waals surface area contributed by atoms with Gasteiger partial charge in [0.05, 0.1) is 12.7 Å². The number of para-hydroxylation sites is 1. The van der Waals surface area contributed by atoms with Crippen LogP contribution in [-0.2, 0) is 9.59 Å². The first kappa shape index (κ1) is 20.3. The zero-order valence-corrected chi connectivity index (χ0v) is 16.6. The number of hydrogen-bond donors (Lipinski definition) is 3. The number of carbonyl (C=O) groups excluding carboxylic acids is 2. The number of nitrogens with one attached hydrogen (secondary N) is 3. The fraction of sp³-hybridized carbons (Fsp3) is 0.263. The van der Waals surface area contributed by atoms with Crippen molar-refractivity contribution in [2.45, 2.75) is 17.9 Å². The lowest BCUT2D eigenvalue weighted by Crippen LogP contribution is -3.14. The molecule has 0 spiro atoms. The van der Waals surface area contributed by atoms with Gasteiger partial charge in [-0.2, -0.15) is 0 Å². The Bertz CT molecular complexity index is 785. The van der Waals surface area contributed by atoms with Gasteiger partial charge in [-0.1, -0.05) is 29.8 Å². The molecule has 3 N–H and O–H groups in total. The molecule has 0 bridgehead atoms. The molecule has 0 saturated heterocycles. The van der Waals surface area contributed by atoms with E-state index in [1.54, 1.807) is 43.0 Å². The summed E-state index contributed by atoms with van der Waals surface area (Å²) < 4.78 is 0. The van der Waals surface area contributed by atoms with Crippen LogP contribution in [0.15, 0.2) is 53.4 Å². The maximum Gasteiger partial charge on any atom is 0.282 e. The topological polar surface area (TPSA) is 62.6 Å². The SMILES string of the molecule is CSc1ccccc1NC(=O)C[NH+](C)[C@@H](C)C(=O)Nc1cccc(Cl)c1. The van der Waals surface area contributed by atoms with Crippen LogP contribution in [0.4, 0.5) is 11.4 Å². The minimum absolute atomic E-state index is 0.133. The number of amides is 2. The van der Waals surface area contributed by atoms with Gasteiger partial charge in [0, 0.05) is 15.6 Å². The fourth-order valence-electron chi connectivity index (χ4n) is 2.39. The number of hydrogen-bond acceptors (Lipinski definition) is 3. The molecule has 0 aliphatic rings. The number of carbonyl (C=O) groups is 2. The van der Waals surface area contributed by atoms with Crippen molar-refractivity contribution < 1.29 is 14.5 Å². The standard InChI is InChI=1S/C19H22ClN3O2S/c1-13(19(25)21-15-8-6-7-14(20)11-15)23(2)12-18(24)22-16-9-4-5-10-17(16)26-3/h4-11,13H,12H2,1-3H3,(H,21,25)(H,22,24)/p+1/t13-/m0/s1. The summed E-state index contributed by atoms with van der Waals surface area (Å²) in [6, 6.07) is 14.2. The monoisotopic (exact) mass is 392 g/mol. The molecule has 0 heterocycles. The van der Waals surface area contributed by atoms with Crippen molar-refractivity contribution in [2.75, 3.05) is 30.5 Å². The normalized spacial score (nSPS) is 12.9. The molecule has 0 aliphatic heterocycles.